The standard InChI is InChI=1S/C23H19F2N3O4S/c1-30-14-4-6-19(31-2)16(10-14)18-12-33-23(27-18)28-21(29)7-8-22-26-11-20(32-22)15-5-3-13(24)9-17(15)25/h3-6,9-12H,7-8H2,1-2H3,(H,27,28,29). The number of thiazole rings is 1. The quantitative estimate of drug-likeness (QED) is 0.374. The van der Waals surface area contributed by atoms with Crippen molar-refractivity contribution in [2.75, 3.05) is 19.5 Å². The molecule has 0 fully saturated rings. The number of halogens is 2. The summed E-state index contributed by atoms with van der Waals surface area (Å²) in [4.78, 5) is 20.9. The van der Waals surface area contributed by atoms with Crippen molar-refractivity contribution in [1.82, 2.24) is 9.97 Å². The van der Waals surface area contributed by atoms with Crippen LogP contribution < -0.4 is 14.8 Å². The summed E-state index contributed by atoms with van der Waals surface area (Å²) in [5, 5.41) is 4.99. The number of hydrogen-bond donors (Lipinski definition) is 1. The summed E-state index contributed by atoms with van der Waals surface area (Å²) >= 11 is 1.28. The van der Waals surface area contributed by atoms with Gasteiger partial charge in [0.15, 0.2) is 16.8 Å². The van der Waals surface area contributed by atoms with Crippen molar-refractivity contribution in [2.24, 2.45) is 0 Å². The van der Waals surface area contributed by atoms with Crippen LogP contribution in [0, 0.1) is 11.6 Å². The first-order valence-corrected chi connectivity index (χ1v) is 10.7. The van der Waals surface area contributed by atoms with Gasteiger partial charge in [-0.3, -0.25) is 4.79 Å². The average Bonchev–Trinajstić information content (AvgIpc) is 3.47. The second-order valence-corrected chi connectivity index (χ2v) is 7.75. The number of nitrogens with zero attached hydrogens (tertiary/aromatic N) is 2. The predicted molar refractivity (Wildman–Crippen MR) is 119 cm³/mol. The predicted octanol–water partition coefficient (Wildman–Crippen LogP) is 5.33. The fourth-order valence-electron chi connectivity index (χ4n) is 3.11. The molecular formula is C23H19F2N3O4S. The summed E-state index contributed by atoms with van der Waals surface area (Å²) in [6, 6.07) is 8.57. The molecule has 170 valence electrons. The van der Waals surface area contributed by atoms with Crippen LogP contribution in [0.5, 0.6) is 11.5 Å². The number of ether oxygens (including phenoxy) is 2. The maximum absolute atomic E-state index is 13.9. The zero-order chi connectivity index (χ0) is 23.4. The minimum atomic E-state index is -0.748. The van der Waals surface area contributed by atoms with Gasteiger partial charge in [-0.05, 0) is 30.3 Å². The summed E-state index contributed by atoms with van der Waals surface area (Å²) in [7, 11) is 3.14. The second-order valence-electron chi connectivity index (χ2n) is 6.89. The Bertz CT molecular complexity index is 1290. The number of methoxy groups -OCH3 is 2. The van der Waals surface area contributed by atoms with E-state index in [9.17, 15) is 13.6 Å². The van der Waals surface area contributed by atoms with Gasteiger partial charge >= 0.3 is 0 Å². The monoisotopic (exact) mass is 471 g/mol. The third-order valence-electron chi connectivity index (χ3n) is 4.75. The molecule has 7 nitrogen and oxygen atoms in total. The molecule has 0 atom stereocenters. The first-order valence-electron chi connectivity index (χ1n) is 9.84. The Kier molecular flexibility index (Phi) is 6.64. The lowest BCUT2D eigenvalue weighted by Crippen LogP contribution is -2.12. The average molecular weight is 471 g/mol. The van der Waals surface area contributed by atoms with E-state index >= 15 is 0 Å². The van der Waals surface area contributed by atoms with E-state index in [-0.39, 0.29) is 36.0 Å². The van der Waals surface area contributed by atoms with Gasteiger partial charge in [0.25, 0.3) is 0 Å². The first kappa shape index (κ1) is 22.4. The number of anilines is 1. The maximum atomic E-state index is 13.9. The Hall–Kier alpha value is -3.79. The molecule has 0 aliphatic rings. The van der Waals surface area contributed by atoms with E-state index in [0.29, 0.717) is 22.3 Å². The number of carbonyl (C=O) groups excluding carboxylic acids is 1. The zero-order valence-corrected chi connectivity index (χ0v) is 18.5. The Morgan fingerprint density at radius 3 is 2.73 bits per heavy atom. The molecule has 2 aromatic carbocycles. The molecule has 1 N–H and O–H groups in total. The van der Waals surface area contributed by atoms with Crippen molar-refractivity contribution in [3.8, 4) is 34.1 Å². The lowest BCUT2D eigenvalue weighted by molar-refractivity contribution is -0.116. The summed E-state index contributed by atoms with van der Waals surface area (Å²) in [6.07, 6.45) is 1.64. The molecule has 0 aliphatic carbocycles. The van der Waals surface area contributed by atoms with Crippen LogP contribution in [0.15, 0.2) is 52.4 Å². The van der Waals surface area contributed by atoms with E-state index in [2.05, 4.69) is 15.3 Å². The van der Waals surface area contributed by atoms with Gasteiger partial charge in [-0.15, -0.1) is 11.3 Å². The zero-order valence-electron chi connectivity index (χ0n) is 17.7. The molecule has 1 amide bonds. The number of hydrogen-bond acceptors (Lipinski definition) is 7. The number of oxazole rings is 1. The summed E-state index contributed by atoms with van der Waals surface area (Å²) in [5.74, 6) is 0.0303. The lowest BCUT2D eigenvalue weighted by Gasteiger charge is -2.08. The van der Waals surface area contributed by atoms with Crippen LogP contribution >= 0.6 is 11.3 Å². The van der Waals surface area contributed by atoms with Gasteiger partial charge in [-0.25, -0.2) is 18.7 Å². The molecule has 33 heavy (non-hydrogen) atoms. The van der Waals surface area contributed by atoms with Gasteiger partial charge in [-0.2, -0.15) is 0 Å². The highest BCUT2D eigenvalue weighted by molar-refractivity contribution is 7.14. The Morgan fingerprint density at radius 2 is 1.97 bits per heavy atom. The topological polar surface area (TPSA) is 86.5 Å². The Labute approximate surface area is 192 Å². The van der Waals surface area contributed by atoms with Crippen LogP contribution in [0.3, 0.4) is 0 Å². The minimum absolute atomic E-state index is 0.0866. The fraction of sp³-hybridized carbons (Fsp3) is 0.174. The van der Waals surface area contributed by atoms with Crippen molar-refractivity contribution in [3.05, 3.63) is 65.5 Å². The van der Waals surface area contributed by atoms with Crippen LogP contribution in [0.4, 0.5) is 13.9 Å². The fourth-order valence-corrected chi connectivity index (χ4v) is 3.84. The van der Waals surface area contributed by atoms with Gasteiger partial charge in [0, 0.05) is 29.9 Å². The molecule has 0 bridgehead atoms. The van der Waals surface area contributed by atoms with Gasteiger partial charge in [-0.1, -0.05) is 0 Å². The van der Waals surface area contributed by atoms with Crippen LogP contribution in [-0.2, 0) is 11.2 Å². The third-order valence-corrected chi connectivity index (χ3v) is 5.51. The molecule has 10 heteroatoms. The normalized spacial score (nSPS) is 10.8. The van der Waals surface area contributed by atoms with Crippen molar-refractivity contribution >= 4 is 22.4 Å². The number of amides is 1. The van der Waals surface area contributed by atoms with E-state index < -0.39 is 11.6 Å². The molecule has 0 radical (unpaired) electrons. The van der Waals surface area contributed by atoms with Crippen LogP contribution in [0.25, 0.3) is 22.6 Å². The number of nitrogens with one attached hydrogen (secondary N) is 1. The molecule has 2 aromatic heterocycles. The van der Waals surface area contributed by atoms with Gasteiger partial charge in [0.1, 0.15) is 23.1 Å². The lowest BCUT2D eigenvalue weighted by atomic mass is 10.1. The van der Waals surface area contributed by atoms with Gasteiger partial charge < -0.3 is 19.2 Å². The van der Waals surface area contributed by atoms with E-state index in [1.165, 1.54) is 23.6 Å². The number of aromatic nitrogens is 2. The maximum Gasteiger partial charge on any atom is 0.226 e. The minimum Gasteiger partial charge on any atom is -0.497 e. The number of carbonyl (C=O) groups is 1. The summed E-state index contributed by atoms with van der Waals surface area (Å²) < 4.78 is 43.1. The molecular weight excluding hydrogens is 452 g/mol. The van der Waals surface area contributed by atoms with Crippen molar-refractivity contribution < 1.29 is 27.5 Å². The first-order chi connectivity index (χ1) is 16.0. The van der Waals surface area contributed by atoms with Crippen LogP contribution in [0.2, 0.25) is 0 Å². The van der Waals surface area contributed by atoms with Gasteiger partial charge in [0.05, 0.1) is 31.7 Å². The van der Waals surface area contributed by atoms with E-state index in [1.807, 2.05) is 11.4 Å². The highest BCUT2D eigenvalue weighted by atomic mass is 32.1. The van der Waals surface area contributed by atoms with E-state index in [1.54, 1.807) is 26.4 Å². The SMILES string of the molecule is COc1ccc(OC)c(-c2csc(NC(=O)CCc3ncc(-c4ccc(F)cc4F)o3)n2)c1. The van der Waals surface area contributed by atoms with Crippen LogP contribution in [-0.4, -0.2) is 30.1 Å². The number of benzene rings is 2. The third kappa shape index (κ3) is 5.17. The smallest absolute Gasteiger partial charge is 0.226 e. The van der Waals surface area contributed by atoms with E-state index in [0.717, 1.165) is 17.7 Å². The Balaban J connectivity index is 1.38. The summed E-state index contributed by atoms with van der Waals surface area (Å²) in [5.41, 5.74) is 1.49. The second kappa shape index (κ2) is 9.78. The van der Waals surface area contributed by atoms with Crippen molar-refractivity contribution in [3.63, 3.8) is 0 Å². The molecule has 0 saturated heterocycles. The molecule has 0 unspecified atom stereocenters. The van der Waals surface area contributed by atoms with Crippen molar-refractivity contribution in [1.29, 1.82) is 0 Å². The van der Waals surface area contributed by atoms with Crippen molar-refractivity contribution in [2.45, 2.75) is 12.8 Å². The molecule has 0 spiro atoms. The highest BCUT2D eigenvalue weighted by Gasteiger charge is 2.15. The largest absolute Gasteiger partial charge is 0.497 e. The molecule has 4 aromatic rings. The highest BCUT2D eigenvalue weighted by Crippen LogP contribution is 2.35. The van der Waals surface area contributed by atoms with Crippen LogP contribution in [0.1, 0.15) is 12.3 Å². The molecule has 4 rings (SSSR count). The number of aryl methyl sites for hydroxylation is 1. The summed E-state index contributed by atoms with van der Waals surface area (Å²) in [6.45, 7) is 0. The Morgan fingerprint density at radius 1 is 1.12 bits per heavy atom. The van der Waals surface area contributed by atoms with E-state index in [4.69, 9.17) is 13.9 Å². The molecule has 2 heterocycles. The van der Waals surface area contributed by atoms with Gasteiger partial charge in [0.2, 0.25) is 5.91 Å². The number of rotatable bonds is 8. The molecule has 0 saturated carbocycles. The molecule has 0 aliphatic heterocycles.